The van der Waals surface area contributed by atoms with Crippen LogP contribution in [0, 0.1) is 11.3 Å². The fraction of sp³-hybridized carbons (Fsp3) is 0.250. The summed E-state index contributed by atoms with van der Waals surface area (Å²) in [5.74, 6) is -0.118. The molecule has 0 saturated carbocycles. The summed E-state index contributed by atoms with van der Waals surface area (Å²) in [6, 6.07) is 14.7. The molecule has 2 N–H and O–H groups in total. The van der Waals surface area contributed by atoms with Gasteiger partial charge in [0.05, 0.1) is 11.0 Å². The smallest absolute Gasteiger partial charge is 0.387 e. The lowest BCUT2D eigenvalue weighted by molar-refractivity contribution is -0.122. The first-order valence-corrected chi connectivity index (χ1v) is 11.8. The van der Waals surface area contributed by atoms with Gasteiger partial charge in [-0.1, -0.05) is 36.4 Å². The van der Waals surface area contributed by atoms with Crippen LogP contribution in [0.3, 0.4) is 0 Å². The first-order valence-electron chi connectivity index (χ1n) is 9.18. The van der Waals surface area contributed by atoms with Crippen molar-refractivity contribution in [1.82, 2.24) is 10.6 Å². The van der Waals surface area contributed by atoms with E-state index in [0.717, 1.165) is 6.34 Å². The molecule has 170 valence electrons. The number of ether oxygens (including phenoxy) is 1. The van der Waals surface area contributed by atoms with E-state index in [9.17, 15) is 22.0 Å². The Morgan fingerprint density at radius 2 is 1.88 bits per heavy atom. The zero-order valence-electron chi connectivity index (χ0n) is 16.6. The zero-order chi connectivity index (χ0) is 23.4. The maximum Gasteiger partial charge on any atom is 0.387 e. The van der Waals surface area contributed by atoms with Crippen LogP contribution in [0.1, 0.15) is 5.56 Å². The topological polar surface area (TPSA) is 121 Å². The van der Waals surface area contributed by atoms with E-state index in [1.54, 1.807) is 42.5 Å². The third-order valence-corrected chi connectivity index (χ3v) is 6.23. The van der Waals surface area contributed by atoms with Gasteiger partial charge in [0.1, 0.15) is 24.7 Å². The van der Waals surface area contributed by atoms with Gasteiger partial charge in [-0.15, -0.1) is 4.40 Å². The van der Waals surface area contributed by atoms with E-state index in [0.29, 0.717) is 5.56 Å². The second-order valence-electron chi connectivity index (χ2n) is 6.12. The molecule has 0 bridgehead atoms. The number of thioether (sulfide) groups is 1. The molecular formula is C20H20F2N4O4S2. The largest absolute Gasteiger partial charge is 0.435 e. The van der Waals surface area contributed by atoms with Crippen molar-refractivity contribution >= 4 is 34.0 Å². The number of halogens is 2. The highest BCUT2D eigenvalue weighted by Crippen LogP contribution is 2.25. The first kappa shape index (κ1) is 25.1. The number of nitrogens with zero attached hydrogens (tertiary/aromatic N) is 2. The Morgan fingerprint density at radius 3 is 2.56 bits per heavy atom. The summed E-state index contributed by atoms with van der Waals surface area (Å²) in [5, 5.41) is 13.7. The van der Waals surface area contributed by atoms with Crippen LogP contribution in [-0.2, 0) is 20.6 Å². The minimum absolute atomic E-state index is 0.00598. The maximum atomic E-state index is 12.6. The summed E-state index contributed by atoms with van der Waals surface area (Å²) in [6.45, 7) is -3.19. The summed E-state index contributed by atoms with van der Waals surface area (Å²) < 4.78 is 57.5. The lowest BCUT2D eigenvalue weighted by atomic mass is 10.2. The molecule has 8 nitrogen and oxygen atoms in total. The summed E-state index contributed by atoms with van der Waals surface area (Å²) in [5.41, 5.74) is 0.509. The zero-order valence-corrected chi connectivity index (χ0v) is 18.3. The minimum atomic E-state index is -3.95. The number of hydrogen-bond donors (Lipinski definition) is 2. The van der Waals surface area contributed by atoms with E-state index in [4.69, 9.17) is 5.26 Å². The van der Waals surface area contributed by atoms with Crippen molar-refractivity contribution in [2.45, 2.75) is 23.3 Å². The van der Waals surface area contributed by atoms with E-state index in [-0.39, 0.29) is 28.7 Å². The SMILES string of the molecule is N#CCNC(=O)[C@H](CSCc1ccccc1OC(F)F)NC=NS(=O)(=O)c1ccccc1. The highest BCUT2D eigenvalue weighted by Gasteiger charge is 2.18. The molecule has 0 fully saturated rings. The Labute approximate surface area is 188 Å². The molecule has 0 aliphatic heterocycles. The van der Waals surface area contributed by atoms with Crippen molar-refractivity contribution in [3.05, 3.63) is 60.2 Å². The van der Waals surface area contributed by atoms with E-state index in [1.165, 1.54) is 30.0 Å². The Bertz CT molecular complexity index is 1060. The monoisotopic (exact) mass is 482 g/mol. The van der Waals surface area contributed by atoms with Crippen molar-refractivity contribution in [2.24, 2.45) is 4.40 Å². The number of carbonyl (C=O) groups is 1. The lowest BCUT2D eigenvalue weighted by Gasteiger charge is -2.16. The average molecular weight is 483 g/mol. The van der Waals surface area contributed by atoms with Gasteiger partial charge < -0.3 is 15.4 Å². The van der Waals surface area contributed by atoms with Gasteiger partial charge in [0.2, 0.25) is 5.91 Å². The number of sulfonamides is 1. The number of amides is 1. The van der Waals surface area contributed by atoms with Crippen molar-refractivity contribution in [2.75, 3.05) is 12.3 Å². The highest BCUT2D eigenvalue weighted by atomic mass is 32.2. The molecule has 0 saturated heterocycles. The van der Waals surface area contributed by atoms with Crippen LogP contribution in [0.25, 0.3) is 0 Å². The fourth-order valence-electron chi connectivity index (χ4n) is 2.41. The van der Waals surface area contributed by atoms with Crippen LogP contribution in [0.5, 0.6) is 5.75 Å². The van der Waals surface area contributed by atoms with E-state index in [1.807, 2.05) is 0 Å². The summed E-state index contributed by atoms with van der Waals surface area (Å²) in [4.78, 5) is 12.3. The van der Waals surface area contributed by atoms with Crippen LogP contribution < -0.4 is 15.4 Å². The van der Waals surface area contributed by atoms with Crippen molar-refractivity contribution in [1.29, 1.82) is 5.26 Å². The maximum absolute atomic E-state index is 12.6. The molecule has 1 amide bonds. The van der Waals surface area contributed by atoms with Gasteiger partial charge in [0, 0.05) is 17.1 Å². The molecular weight excluding hydrogens is 462 g/mol. The molecule has 2 aromatic rings. The minimum Gasteiger partial charge on any atom is -0.435 e. The standard InChI is InChI=1S/C20H20F2N4O4S2/c21-20(22)30-18-9-5-4-6-15(18)12-31-13-17(19(27)24-11-10-23)25-14-26-32(28,29)16-7-2-1-3-8-16/h1-9,14,17,20H,11-13H2,(H,24,27)(H,25,26)/t17-/m0/s1. The number of nitrogens with one attached hydrogen (secondary N) is 2. The predicted octanol–water partition coefficient (Wildman–Crippen LogP) is 2.54. The Morgan fingerprint density at radius 1 is 1.19 bits per heavy atom. The van der Waals surface area contributed by atoms with Crippen LogP contribution >= 0.6 is 11.8 Å². The molecule has 0 spiro atoms. The first-order chi connectivity index (χ1) is 15.3. The molecule has 0 heterocycles. The molecule has 0 aliphatic rings. The second-order valence-corrected chi connectivity index (χ2v) is 8.78. The Kier molecular flexibility index (Phi) is 9.90. The second kappa shape index (κ2) is 12.6. The Hall–Kier alpha value is -3.17. The number of para-hydroxylation sites is 1. The van der Waals surface area contributed by atoms with E-state index < -0.39 is 28.6 Å². The summed E-state index contributed by atoms with van der Waals surface area (Å²) in [6.07, 6.45) is 0.910. The molecule has 12 heteroatoms. The molecule has 2 aromatic carbocycles. The van der Waals surface area contributed by atoms with Gasteiger partial charge in [-0.05, 0) is 18.2 Å². The number of nitriles is 1. The van der Waals surface area contributed by atoms with Crippen LogP contribution in [0.4, 0.5) is 8.78 Å². The van der Waals surface area contributed by atoms with Crippen molar-refractivity contribution in [3.8, 4) is 11.8 Å². The van der Waals surface area contributed by atoms with Gasteiger partial charge in [-0.25, -0.2) is 0 Å². The van der Waals surface area contributed by atoms with Gasteiger partial charge in [-0.2, -0.15) is 34.2 Å². The van der Waals surface area contributed by atoms with Gasteiger partial charge in [0.15, 0.2) is 0 Å². The molecule has 0 unspecified atom stereocenters. The van der Waals surface area contributed by atoms with Gasteiger partial charge in [-0.3, -0.25) is 4.79 Å². The number of alkyl halides is 2. The number of benzene rings is 2. The number of rotatable bonds is 12. The number of carbonyl (C=O) groups excluding carboxylic acids is 1. The third kappa shape index (κ3) is 8.16. The lowest BCUT2D eigenvalue weighted by Crippen LogP contribution is -2.45. The predicted molar refractivity (Wildman–Crippen MR) is 117 cm³/mol. The van der Waals surface area contributed by atoms with Crippen molar-refractivity contribution in [3.63, 3.8) is 0 Å². The molecule has 1 atom stereocenters. The van der Waals surface area contributed by atoms with Crippen LogP contribution in [0.2, 0.25) is 0 Å². The molecule has 32 heavy (non-hydrogen) atoms. The van der Waals surface area contributed by atoms with Crippen LogP contribution in [-0.4, -0.2) is 45.6 Å². The van der Waals surface area contributed by atoms with Gasteiger partial charge >= 0.3 is 6.61 Å². The van der Waals surface area contributed by atoms with Crippen LogP contribution in [0.15, 0.2) is 63.9 Å². The quantitative estimate of drug-likeness (QED) is 0.271. The van der Waals surface area contributed by atoms with E-state index in [2.05, 4.69) is 19.8 Å². The fourth-order valence-corrected chi connectivity index (χ4v) is 4.30. The van der Waals surface area contributed by atoms with Gasteiger partial charge in [0.25, 0.3) is 10.0 Å². The summed E-state index contributed by atoms with van der Waals surface area (Å²) in [7, 11) is -3.95. The molecule has 0 aromatic heterocycles. The molecule has 0 radical (unpaired) electrons. The normalized spacial score (nSPS) is 12.3. The highest BCUT2D eigenvalue weighted by molar-refractivity contribution is 7.98. The molecule has 2 rings (SSSR count). The molecule has 0 aliphatic carbocycles. The van der Waals surface area contributed by atoms with E-state index >= 15 is 0 Å². The average Bonchev–Trinajstić information content (AvgIpc) is 2.77. The Balaban J connectivity index is 2.03. The number of hydrogen-bond acceptors (Lipinski definition) is 6. The third-order valence-electron chi connectivity index (χ3n) is 3.90. The van der Waals surface area contributed by atoms with Crippen molar-refractivity contribution < 1.29 is 26.7 Å². The summed E-state index contributed by atoms with van der Waals surface area (Å²) >= 11 is 1.23.